The Balaban J connectivity index is 2.75. The molecule has 0 saturated heterocycles. The molecular formula is C14H15F3N2. The second-order valence-corrected chi connectivity index (χ2v) is 4.32. The maximum absolute atomic E-state index is 13.9. The highest BCUT2D eigenvalue weighted by Crippen LogP contribution is 2.29. The number of rotatable bonds is 4. The van der Waals surface area contributed by atoms with Gasteiger partial charge in [0.1, 0.15) is 0 Å². The van der Waals surface area contributed by atoms with E-state index in [1.165, 1.54) is 0 Å². The van der Waals surface area contributed by atoms with Crippen LogP contribution in [0, 0.1) is 17.5 Å². The highest BCUT2D eigenvalue weighted by Gasteiger charge is 2.18. The summed E-state index contributed by atoms with van der Waals surface area (Å²) in [6.07, 6.45) is 1.57. The predicted octanol–water partition coefficient (Wildman–Crippen LogP) is 4.04. The van der Waals surface area contributed by atoms with Crippen LogP contribution in [0.5, 0.6) is 0 Å². The van der Waals surface area contributed by atoms with Gasteiger partial charge in [-0.3, -0.25) is 4.98 Å². The van der Waals surface area contributed by atoms with E-state index in [4.69, 9.17) is 0 Å². The van der Waals surface area contributed by atoms with Crippen molar-refractivity contribution in [2.75, 3.05) is 11.9 Å². The van der Waals surface area contributed by atoms with Crippen molar-refractivity contribution in [3.8, 4) is 0 Å². The van der Waals surface area contributed by atoms with Crippen LogP contribution in [0.4, 0.5) is 18.9 Å². The van der Waals surface area contributed by atoms with Gasteiger partial charge in [-0.25, -0.2) is 13.2 Å². The minimum absolute atomic E-state index is 0.000558. The Morgan fingerprint density at radius 1 is 1.11 bits per heavy atom. The topological polar surface area (TPSA) is 24.9 Å². The number of fused-ring (bicyclic) bond motifs is 1. The Hall–Kier alpha value is -1.78. The van der Waals surface area contributed by atoms with Crippen LogP contribution in [0.15, 0.2) is 12.1 Å². The van der Waals surface area contributed by atoms with Crippen molar-refractivity contribution in [3.63, 3.8) is 0 Å². The van der Waals surface area contributed by atoms with Gasteiger partial charge in [-0.2, -0.15) is 0 Å². The largest absolute Gasteiger partial charge is 0.385 e. The molecule has 0 unspecified atom stereocenters. The summed E-state index contributed by atoms with van der Waals surface area (Å²) < 4.78 is 40.5. The van der Waals surface area contributed by atoms with Gasteiger partial charge in [-0.1, -0.05) is 13.3 Å². The van der Waals surface area contributed by atoms with Crippen molar-refractivity contribution in [1.82, 2.24) is 4.98 Å². The lowest BCUT2D eigenvalue weighted by atomic mass is 10.1. The number of anilines is 1. The molecule has 5 heteroatoms. The zero-order valence-electron chi connectivity index (χ0n) is 10.9. The standard InChI is InChI=1S/C14H15F3N2/c1-3-5-8-6-10(18-4-2)12-11(19-8)7-9(15)13(16)14(12)17/h6-7H,3-5H2,1-2H3,(H,18,19). The molecule has 2 rings (SSSR count). The van der Waals surface area contributed by atoms with Crippen LogP contribution in [0.1, 0.15) is 26.0 Å². The number of nitrogens with zero attached hydrogens (tertiary/aromatic N) is 1. The molecule has 102 valence electrons. The van der Waals surface area contributed by atoms with Crippen LogP contribution < -0.4 is 5.32 Å². The quantitative estimate of drug-likeness (QED) is 0.847. The van der Waals surface area contributed by atoms with E-state index in [1.807, 2.05) is 13.8 Å². The molecule has 19 heavy (non-hydrogen) atoms. The van der Waals surface area contributed by atoms with Crippen molar-refractivity contribution in [2.24, 2.45) is 0 Å². The van der Waals surface area contributed by atoms with Crippen molar-refractivity contribution >= 4 is 16.6 Å². The third kappa shape index (κ3) is 2.50. The minimum Gasteiger partial charge on any atom is -0.385 e. The molecule has 0 atom stereocenters. The zero-order valence-corrected chi connectivity index (χ0v) is 10.9. The van der Waals surface area contributed by atoms with Crippen LogP contribution in [-0.4, -0.2) is 11.5 Å². The molecule has 1 aromatic carbocycles. The van der Waals surface area contributed by atoms with E-state index in [9.17, 15) is 13.2 Å². The number of hydrogen-bond acceptors (Lipinski definition) is 2. The lowest BCUT2D eigenvalue weighted by molar-refractivity contribution is 0.453. The summed E-state index contributed by atoms with van der Waals surface area (Å²) >= 11 is 0. The molecule has 0 fully saturated rings. The maximum atomic E-state index is 13.9. The Bertz CT molecular complexity index is 611. The van der Waals surface area contributed by atoms with Crippen molar-refractivity contribution in [1.29, 1.82) is 0 Å². The molecule has 0 aliphatic heterocycles. The summed E-state index contributed by atoms with van der Waals surface area (Å²) in [5.41, 5.74) is 1.32. The van der Waals surface area contributed by atoms with Crippen LogP contribution in [0.2, 0.25) is 0 Å². The summed E-state index contributed by atoms with van der Waals surface area (Å²) in [5, 5.41) is 2.97. The van der Waals surface area contributed by atoms with Crippen LogP contribution in [0.3, 0.4) is 0 Å². The maximum Gasteiger partial charge on any atom is 0.195 e. The predicted molar refractivity (Wildman–Crippen MR) is 69.8 cm³/mol. The van der Waals surface area contributed by atoms with Gasteiger partial charge in [0.2, 0.25) is 0 Å². The molecule has 1 N–H and O–H groups in total. The number of benzene rings is 1. The van der Waals surface area contributed by atoms with Gasteiger partial charge in [-0.15, -0.1) is 0 Å². The molecule has 0 aliphatic carbocycles. The first-order valence-electron chi connectivity index (χ1n) is 6.29. The van der Waals surface area contributed by atoms with Gasteiger partial charge in [0.05, 0.1) is 10.9 Å². The molecule has 2 aromatic rings. The lowest BCUT2D eigenvalue weighted by Gasteiger charge is -2.11. The van der Waals surface area contributed by atoms with Gasteiger partial charge >= 0.3 is 0 Å². The number of aryl methyl sites for hydroxylation is 1. The van der Waals surface area contributed by atoms with Crippen LogP contribution in [-0.2, 0) is 6.42 Å². The molecule has 0 aliphatic rings. The van der Waals surface area contributed by atoms with E-state index in [-0.39, 0.29) is 10.9 Å². The highest BCUT2D eigenvalue weighted by molar-refractivity contribution is 5.92. The number of nitrogens with one attached hydrogen (secondary N) is 1. The van der Waals surface area contributed by atoms with E-state index in [0.717, 1.165) is 18.2 Å². The second kappa shape index (κ2) is 5.47. The molecule has 1 heterocycles. The Morgan fingerprint density at radius 3 is 2.47 bits per heavy atom. The smallest absolute Gasteiger partial charge is 0.195 e. The first-order valence-corrected chi connectivity index (χ1v) is 6.29. The molecular weight excluding hydrogens is 253 g/mol. The average Bonchev–Trinajstić information content (AvgIpc) is 2.36. The van der Waals surface area contributed by atoms with E-state index in [1.54, 1.807) is 6.07 Å². The molecule has 0 bridgehead atoms. The number of halogens is 3. The van der Waals surface area contributed by atoms with E-state index < -0.39 is 17.5 Å². The number of hydrogen-bond donors (Lipinski definition) is 1. The lowest BCUT2D eigenvalue weighted by Crippen LogP contribution is -2.04. The molecule has 0 spiro atoms. The summed E-state index contributed by atoms with van der Waals surface area (Å²) in [4.78, 5) is 4.18. The SMILES string of the molecule is CCCc1cc(NCC)c2c(F)c(F)c(F)cc2n1. The van der Waals surface area contributed by atoms with Crippen molar-refractivity contribution in [3.05, 3.63) is 35.3 Å². The molecule has 2 nitrogen and oxygen atoms in total. The van der Waals surface area contributed by atoms with Crippen molar-refractivity contribution < 1.29 is 13.2 Å². The highest BCUT2D eigenvalue weighted by atomic mass is 19.2. The monoisotopic (exact) mass is 268 g/mol. The summed E-state index contributed by atoms with van der Waals surface area (Å²) in [6.45, 7) is 4.40. The molecule has 1 aromatic heterocycles. The van der Waals surface area contributed by atoms with Gasteiger partial charge in [0.15, 0.2) is 17.5 Å². The first kappa shape index (κ1) is 13.6. The summed E-state index contributed by atoms with van der Waals surface area (Å²) in [5.74, 6) is -3.87. The zero-order chi connectivity index (χ0) is 14.0. The molecule has 0 amide bonds. The number of pyridine rings is 1. The average molecular weight is 268 g/mol. The van der Waals surface area contributed by atoms with Gasteiger partial charge in [0.25, 0.3) is 0 Å². The molecule has 0 radical (unpaired) electrons. The number of aromatic nitrogens is 1. The first-order chi connectivity index (χ1) is 9.08. The Kier molecular flexibility index (Phi) is 3.93. The van der Waals surface area contributed by atoms with Crippen molar-refractivity contribution in [2.45, 2.75) is 26.7 Å². The normalized spacial score (nSPS) is 11.0. The fourth-order valence-electron chi connectivity index (χ4n) is 2.07. The van der Waals surface area contributed by atoms with Gasteiger partial charge < -0.3 is 5.32 Å². The molecule has 0 saturated carbocycles. The minimum atomic E-state index is -1.46. The third-order valence-electron chi connectivity index (χ3n) is 2.86. The van der Waals surface area contributed by atoms with E-state index in [0.29, 0.717) is 18.7 Å². The second-order valence-electron chi connectivity index (χ2n) is 4.32. The van der Waals surface area contributed by atoms with E-state index in [2.05, 4.69) is 10.3 Å². The summed E-state index contributed by atoms with van der Waals surface area (Å²) in [7, 11) is 0. The van der Waals surface area contributed by atoms with Gasteiger partial charge in [-0.05, 0) is 19.4 Å². The van der Waals surface area contributed by atoms with Crippen LogP contribution >= 0.6 is 0 Å². The summed E-state index contributed by atoms with van der Waals surface area (Å²) in [6, 6.07) is 2.63. The van der Waals surface area contributed by atoms with Gasteiger partial charge in [0, 0.05) is 24.0 Å². The fraction of sp³-hybridized carbons (Fsp3) is 0.357. The fourth-order valence-corrected chi connectivity index (χ4v) is 2.07. The Labute approximate surface area is 109 Å². The van der Waals surface area contributed by atoms with E-state index >= 15 is 0 Å². The third-order valence-corrected chi connectivity index (χ3v) is 2.86. The Morgan fingerprint density at radius 2 is 1.84 bits per heavy atom. The van der Waals surface area contributed by atoms with Crippen LogP contribution in [0.25, 0.3) is 10.9 Å².